The van der Waals surface area contributed by atoms with Gasteiger partial charge in [-0.25, -0.2) is 9.97 Å². The first-order valence-corrected chi connectivity index (χ1v) is 6.27. The Kier molecular flexibility index (Phi) is 4.07. The molecule has 8 heteroatoms. The first-order chi connectivity index (χ1) is 8.68. The van der Waals surface area contributed by atoms with Crippen LogP contribution < -0.4 is 5.73 Å². The number of carbonyl (C=O) groups is 1. The monoisotopic (exact) mass is 268 g/mol. The summed E-state index contributed by atoms with van der Waals surface area (Å²) >= 11 is 0. The van der Waals surface area contributed by atoms with Gasteiger partial charge in [-0.15, -0.1) is 0 Å². The van der Waals surface area contributed by atoms with Crippen LogP contribution in [0.2, 0.25) is 0 Å². The second-order valence-electron chi connectivity index (χ2n) is 3.52. The van der Waals surface area contributed by atoms with E-state index in [9.17, 15) is 4.79 Å². The average Bonchev–Trinajstić information content (AvgIpc) is 2.73. The van der Waals surface area contributed by atoms with E-state index in [-0.39, 0.29) is 12.6 Å². The number of fused-ring (bicyclic) bond motifs is 1. The van der Waals surface area contributed by atoms with Crippen LogP contribution in [-0.4, -0.2) is 33.7 Å². The highest BCUT2D eigenvalue weighted by atomic mass is 31.0. The van der Waals surface area contributed by atoms with Crippen molar-refractivity contribution in [1.29, 1.82) is 0 Å². The quantitative estimate of drug-likeness (QED) is 0.645. The molecule has 0 unspecified atom stereocenters. The highest BCUT2D eigenvalue weighted by Crippen LogP contribution is 2.25. The Hall–Kier alpha value is -1.72. The molecule has 0 aliphatic carbocycles. The Balaban J connectivity index is 1.94. The van der Waals surface area contributed by atoms with Gasteiger partial charge in [0.25, 0.3) is 0 Å². The van der Waals surface area contributed by atoms with Gasteiger partial charge in [-0.1, -0.05) is 0 Å². The Morgan fingerprint density at radius 3 is 3.11 bits per heavy atom. The predicted molar refractivity (Wildman–Crippen MR) is 67.0 cm³/mol. The Morgan fingerprint density at radius 2 is 2.33 bits per heavy atom. The van der Waals surface area contributed by atoms with E-state index < -0.39 is 0 Å². The molecule has 0 atom stereocenters. The smallest absolute Gasteiger partial charge is 0.302 e. The van der Waals surface area contributed by atoms with Crippen LogP contribution in [0.1, 0.15) is 6.92 Å². The zero-order valence-corrected chi connectivity index (χ0v) is 10.8. The molecule has 18 heavy (non-hydrogen) atoms. The van der Waals surface area contributed by atoms with Crippen molar-refractivity contribution in [2.24, 2.45) is 0 Å². The lowest BCUT2D eigenvalue weighted by Gasteiger charge is -2.07. The van der Waals surface area contributed by atoms with E-state index in [0.717, 1.165) is 19.0 Å². The molecule has 0 bridgehead atoms. The second-order valence-corrected chi connectivity index (χ2v) is 4.44. The zero-order chi connectivity index (χ0) is 13.0. The molecule has 0 radical (unpaired) electrons. The molecule has 0 spiro atoms. The standard InChI is InChI=1S/C10H13N4O3P/c1-7(15)17-3-2-16-5-14-6-18-10-8(14)9(11)12-4-13-10/h4,6H,2-3,5H2,1H3,(H2,11,12,13). The van der Waals surface area contributed by atoms with Crippen LogP contribution in [0.25, 0.3) is 10.8 Å². The maximum absolute atomic E-state index is 10.5. The molecule has 2 heterocycles. The summed E-state index contributed by atoms with van der Waals surface area (Å²) in [6.45, 7) is 2.28. The highest BCUT2D eigenvalue weighted by molar-refractivity contribution is 7.35. The number of hydrogen-bond acceptors (Lipinski definition) is 6. The SMILES string of the molecule is CC(=O)OCCOCn1cpc2ncnc(N)c21. The number of ether oxygens (including phenoxy) is 2. The van der Waals surface area contributed by atoms with Gasteiger partial charge < -0.3 is 19.8 Å². The maximum Gasteiger partial charge on any atom is 0.302 e. The molecule has 2 rings (SSSR count). The zero-order valence-electron chi connectivity index (χ0n) is 9.87. The molecular weight excluding hydrogens is 255 g/mol. The van der Waals surface area contributed by atoms with E-state index in [1.807, 2.05) is 10.5 Å². The van der Waals surface area contributed by atoms with Gasteiger partial charge in [0.15, 0.2) is 5.82 Å². The molecule has 7 nitrogen and oxygen atoms in total. The van der Waals surface area contributed by atoms with Crippen molar-refractivity contribution in [2.75, 3.05) is 18.9 Å². The van der Waals surface area contributed by atoms with Gasteiger partial charge >= 0.3 is 5.97 Å². The number of anilines is 1. The number of hydrogen-bond donors (Lipinski definition) is 1. The summed E-state index contributed by atoms with van der Waals surface area (Å²) in [5.74, 6) is 2.04. The molecular formula is C10H13N4O3P. The first kappa shape index (κ1) is 12.7. The summed E-state index contributed by atoms with van der Waals surface area (Å²) in [5.41, 5.74) is 6.57. The van der Waals surface area contributed by atoms with Crippen molar-refractivity contribution in [3.8, 4) is 0 Å². The molecule has 2 aromatic heterocycles. The third kappa shape index (κ3) is 2.94. The third-order valence-electron chi connectivity index (χ3n) is 2.20. The molecule has 0 amide bonds. The minimum atomic E-state index is -0.312. The topological polar surface area (TPSA) is 92.3 Å². The lowest BCUT2D eigenvalue weighted by atomic mass is 10.5. The number of rotatable bonds is 5. The van der Waals surface area contributed by atoms with Crippen molar-refractivity contribution in [3.63, 3.8) is 0 Å². The largest absolute Gasteiger partial charge is 0.463 e. The van der Waals surface area contributed by atoms with Crippen LogP contribution in [0.5, 0.6) is 0 Å². The fourth-order valence-electron chi connectivity index (χ4n) is 1.44. The molecule has 2 N–H and O–H groups in total. The van der Waals surface area contributed by atoms with Crippen molar-refractivity contribution >= 4 is 30.7 Å². The highest BCUT2D eigenvalue weighted by Gasteiger charge is 2.06. The number of nitrogens with zero attached hydrogens (tertiary/aromatic N) is 3. The van der Waals surface area contributed by atoms with Gasteiger partial charge in [0.2, 0.25) is 0 Å². The Labute approximate surface area is 105 Å². The van der Waals surface area contributed by atoms with Crippen LogP contribution in [0.3, 0.4) is 0 Å². The summed E-state index contributed by atoms with van der Waals surface area (Å²) in [5, 5.41) is 0.867. The van der Waals surface area contributed by atoms with Gasteiger partial charge in [0.05, 0.1) is 6.61 Å². The Morgan fingerprint density at radius 1 is 1.50 bits per heavy atom. The summed E-state index contributed by atoms with van der Waals surface area (Å²) in [4.78, 5) is 18.6. The van der Waals surface area contributed by atoms with Crippen molar-refractivity contribution in [1.82, 2.24) is 14.5 Å². The number of nitrogens with two attached hydrogens (primary N) is 1. The summed E-state index contributed by atoms with van der Waals surface area (Å²) in [6, 6.07) is 0. The van der Waals surface area contributed by atoms with Gasteiger partial charge in [-0.3, -0.25) is 4.79 Å². The van der Waals surface area contributed by atoms with Gasteiger partial charge in [0, 0.05) is 12.9 Å². The molecule has 0 fully saturated rings. The van der Waals surface area contributed by atoms with Crippen LogP contribution in [-0.2, 0) is 21.0 Å². The van der Waals surface area contributed by atoms with Crippen LogP contribution >= 0.6 is 8.19 Å². The van der Waals surface area contributed by atoms with Crippen LogP contribution in [0, 0.1) is 0 Å². The third-order valence-corrected chi connectivity index (χ3v) is 3.17. The lowest BCUT2D eigenvalue weighted by molar-refractivity contribution is -0.142. The summed E-state index contributed by atoms with van der Waals surface area (Å²) in [6.07, 6.45) is 1.44. The predicted octanol–water partition coefficient (Wildman–Crippen LogP) is 1.13. The minimum absolute atomic E-state index is 0.245. The van der Waals surface area contributed by atoms with E-state index in [2.05, 4.69) is 9.97 Å². The lowest BCUT2D eigenvalue weighted by Crippen LogP contribution is -2.10. The van der Waals surface area contributed by atoms with Crippen molar-refractivity contribution in [2.45, 2.75) is 13.7 Å². The Bertz CT molecular complexity index is 557. The molecule has 0 aromatic carbocycles. The normalized spacial score (nSPS) is 11.2. The molecule has 0 aliphatic rings. The number of aromatic nitrogens is 3. The van der Waals surface area contributed by atoms with Gasteiger partial charge in [-0.2, -0.15) is 0 Å². The maximum atomic E-state index is 10.5. The number of carbonyl (C=O) groups excluding carboxylic acids is 1. The fraction of sp³-hybridized carbons (Fsp3) is 0.400. The number of esters is 1. The minimum Gasteiger partial charge on any atom is -0.463 e. The van der Waals surface area contributed by atoms with Crippen molar-refractivity contribution in [3.05, 3.63) is 12.3 Å². The fourth-order valence-corrected chi connectivity index (χ4v) is 2.35. The molecule has 0 saturated heterocycles. The van der Waals surface area contributed by atoms with Crippen molar-refractivity contribution < 1.29 is 14.3 Å². The van der Waals surface area contributed by atoms with E-state index in [4.69, 9.17) is 15.2 Å². The first-order valence-electron chi connectivity index (χ1n) is 5.31. The number of nitrogen functional groups attached to an aromatic ring is 1. The van der Waals surface area contributed by atoms with E-state index in [1.165, 1.54) is 13.3 Å². The van der Waals surface area contributed by atoms with Gasteiger partial charge in [0.1, 0.15) is 30.4 Å². The summed E-state index contributed by atoms with van der Waals surface area (Å²) in [7, 11) is 0.966. The summed E-state index contributed by atoms with van der Waals surface area (Å²) < 4.78 is 12.0. The van der Waals surface area contributed by atoms with Crippen LogP contribution in [0.15, 0.2) is 12.3 Å². The average molecular weight is 268 g/mol. The second kappa shape index (κ2) is 5.75. The van der Waals surface area contributed by atoms with Crippen LogP contribution in [0.4, 0.5) is 5.82 Å². The van der Waals surface area contributed by atoms with Gasteiger partial charge in [-0.05, 0) is 8.19 Å². The molecule has 0 aliphatic heterocycles. The molecule has 2 aromatic rings. The molecule has 0 saturated carbocycles. The van der Waals surface area contributed by atoms with E-state index in [1.54, 1.807) is 0 Å². The van der Waals surface area contributed by atoms with E-state index in [0.29, 0.717) is 19.2 Å². The molecule has 96 valence electrons. The van der Waals surface area contributed by atoms with E-state index >= 15 is 0 Å².